The molecule has 3 nitrogen and oxygen atoms in total. The highest BCUT2D eigenvalue weighted by atomic mass is 35.5. The number of rotatable bonds is 5. The molecular formula is C23H20ClF2NO2S. The van der Waals surface area contributed by atoms with Crippen LogP contribution in [-0.2, 0) is 15.6 Å². The average Bonchev–Trinajstić information content (AvgIpc) is 3.10. The summed E-state index contributed by atoms with van der Waals surface area (Å²) in [5, 5.41) is 3.38. The van der Waals surface area contributed by atoms with Crippen LogP contribution in [0.2, 0.25) is 5.02 Å². The van der Waals surface area contributed by atoms with Crippen molar-refractivity contribution in [1.29, 1.82) is 0 Å². The molecule has 2 unspecified atom stereocenters. The Hall–Kier alpha value is -2.44. The van der Waals surface area contributed by atoms with E-state index < -0.39 is 15.7 Å². The monoisotopic (exact) mass is 447 g/mol. The van der Waals surface area contributed by atoms with Crippen molar-refractivity contribution >= 4 is 27.1 Å². The van der Waals surface area contributed by atoms with Crippen LogP contribution in [-0.4, -0.2) is 21.2 Å². The minimum Gasteiger partial charge on any atom is -0.384 e. The van der Waals surface area contributed by atoms with Crippen LogP contribution in [0, 0.1) is 11.6 Å². The van der Waals surface area contributed by atoms with Crippen molar-refractivity contribution in [1.82, 2.24) is 0 Å². The Morgan fingerprint density at radius 3 is 2.43 bits per heavy atom. The summed E-state index contributed by atoms with van der Waals surface area (Å²) >= 11 is 5.88. The van der Waals surface area contributed by atoms with Crippen molar-refractivity contribution in [2.24, 2.45) is 0 Å². The maximum atomic E-state index is 14.3. The molecule has 1 heterocycles. The van der Waals surface area contributed by atoms with E-state index in [1.165, 1.54) is 30.5 Å². The molecule has 1 N–H and O–H groups in total. The van der Waals surface area contributed by atoms with Gasteiger partial charge in [0.1, 0.15) is 11.6 Å². The topological polar surface area (TPSA) is 46.2 Å². The molecule has 0 aliphatic carbocycles. The molecule has 1 aliphatic heterocycles. The zero-order valence-corrected chi connectivity index (χ0v) is 17.8. The zero-order valence-electron chi connectivity index (χ0n) is 16.2. The highest BCUT2D eigenvalue weighted by molar-refractivity contribution is 7.89. The third-order valence-corrected chi connectivity index (χ3v) is 6.58. The van der Waals surface area contributed by atoms with Crippen molar-refractivity contribution in [2.45, 2.75) is 17.6 Å². The third kappa shape index (κ3) is 4.20. The van der Waals surface area contributed by atoms with Crippen molar-refractivity contribution in [3.63, 3.8) is 0 Å². The normalized spacial score (nSPS) is 16.7. The molecule has 7 heteroatoms. The molecule has 3 aromatic rings. The Bertz CT molecular complexity index is 1200. The first-order valence-electron chi connectivity index (χ1n) is 9.47. The number of sulfone groups is 1. The molecule has 30 heavy (non-hydrogen) atoms. The molecule has 1 aliphatic rings. The molecule has 0 saturated heterocycles. The molecule has 156 valence electrons. The highest BCUT2D eigenvalue weighted by Crippen LogP contribution is 2.46. The van der Waals surface area contributed by atoms with Crippen LogP contribution >= 0.6 is 11.6 Å². The number of hydrogen-bond acceptors (Lipinski definition) is 3. The van der Waals surface area contributed by atoms with Gasteiger partial charge in [-0.05, 0) is 46.5 Å². The molecule has 0 saturated carbocycles. The van der Waals surface area contributed by atoms with Crippen molar-refractivity contribution < 1.29 is 17.2 Å². The summed E-state index contributed by atoms with van der Waals surface area (Å²) in [6.07, 6.45) is 1.20. The number of hydrogen-bond donors (Lipinski definition) is 1. The van der Waals surface area contributed by atoms with Gasteiger partial charge in [-0.1, -0.05) is 48.0 Å². The van der Waals surface area contributed by atoms with Crippen molar-refractivity contribution in [2.75, 3.05) is 18.1 Å². The lowest BCUT2D eigenvalue weighted by molar-refractivity contribution is 0.601. The first kappa shape index (κ1) is 20.8. The Morgan fingerprint density at radius 2 is 1.77 bits per heavy atom. The second-order valence-electron chi connectivity index (χ2n) is 7.64. The predicted octanol–water partition coefficient (Wildman–Crippen LogP) is 5.50. The molecule has 0 aromatic heterocycles. The molecule has 0 amide bonds. The van der Waals surface area contributed by atoms with E-state index in [1.807, 2.05) is 12.1 Å². The van der Waals surface area contributed by atoms with Gasteiger partial charge in [-0.2, -0.15) is 0 Å². The van der Waals surface area contributed by atoms with Crippen LogP contribution in [0.1, 0.15) is 34.1 Å². The van der Waals surface area contributed by atoms with E-state index in [0.717, 1.165) is 22.4 Å². The Kier molecular flexibility index (Phi) is 5.55. The molecule has 0 bridgehead atoms. The van der Waals surface area contributed by atoms with Gasteiger partial charge in [0.15, 0.2) is 9.84 Å². The van der Waals surface area contributed by atoms with E-state index in [0.29, 0.717) is 12.1 Å². The molecule has 2 atom stereocenters. The first-order chi connectivity index (χ1) is 14.2. The fraction of sp³-hybridized carbons (Fsp3) is 0.217. The van der Waals surface area contributed by atoms with E-state index in [1.54, 1.807) is 24.3 Å². The van der Waals surface area contributed by atoms with Crippen molar-refractivity contribution in [3.8, 4) is 0 Å². The number of halogens is 3. The average molecular weight is 448 g/mol. The molecule has 0 radical (unpaired) electrons. The van der Waals surface area contributed by atoms with E-state index >= 15 is 0 Å². The summed E-state index contributed by atoms with van der Waals surface area (Å²) in [4.78, 5) is 0. The molecular weight excluding hydrogens is 428 g/mol. The maximum Gasteiger partial charge on any atom is 0.151 e. The maximum absolute atomic E-state index is 14.3. The number of anilines is 1. The lowest BCUT2D eigenvalue weighted by Gasteiger charge is -2.25. The summed E-state index contributed by atoms with van der Waals surface area (Å²) < 4.78 is 51.5. The van der Waals surface area contributed by atoms with Gasteiger partial charge in [-0.3, -0.25) is 0 Å². The molecule has 3 aromatic carbocycles. The molecule has 4 rings (SSSR count). The van der Waals surface area contributed by atoms with Crippen LogP contribution in [0.4, 0.5) is 14.5 Å². The number of fused-ring (bicyclic) bond motifs is 1. The largest absolute Gasteiger partial charge is 0.384 e. The lowest BCUT2D eigenvalue weighted by atomic mass is 9.78. The third-order valence-electron chi connectivity index (χ3n) is 5.43. The standard InChI is InChI=1S/C23H20ClF2NO2S/c1-30(28,29)13-16-3-2-4-18-19(12-27-23(16)18)22(14-5-8-17(25)9-6-14)15-7-10-20(24)21(26)11-15/h2-11,19,22,27H,12-13H2,1H3. The van der Waals surface area contributed by atoms with Gasteiger partial charge in [0, 0.05) is 30.3 Å². The van der Waals surface area contributed by atoms with Gasteiger partial charge >= 0.3 is 0 Å². The van der Waals surface area contributed by atoms with Crippen LogP contribution in [0.15, 0.2) is 60.7 Å². The van der Waals surface area contributed by atoms with E-state index in [2.05, 4.69) is 5.32 Å². The minimum absolute atomic E-state index is 0.0389. The van der Waals surface area contributed by atoms with Gasteiger partial charge in [-0.25, -0.2) is 17.2 Å². The van der Waals surface area contributed by atoms with Crippen molar-refractivity contribution in [3.05, 3.63) is 99.6 Å². The smallest absolute Gasteiger partial charge is 0.151 e. The summed E-state index contributed by atoms with van der Waals surface area (Å²) in [6.45, 7) is 0.544. The highest BCUT2D eigenvalue weighted by Gasteiger charge is 2.33. The van der Waals surface area contributed by atoms with Crippen LogP contribution in [0.5, 0.6) is 0 Å². The summed E-state index contributed by atoms with van der Waals surface area (Å²) in [5.41, 5.74) is 4.02. The van der Waals surface area contributed by atoms with Gasteiger partial charge in [0.25, 0.3) is 0 Å². The predicted molar refractivity (Wildman–Crippen MR) is 116 cm³/mol. The lowest BCUT2D eigenvalue weighted by Crippen LogP contribution is -2.15. The fourth-order valence-corrected chi connectivity index (χ4v) is 5.12. The van der Waals surface area contributed by atoms with Gasteiger partial charge in [0.05, 0.1) is 10.8 Å². The van der Waals surface area contributed by atoms with E-state index in [4.69, 9.17) is 11.6 Å². The number of nitrogens with one attached hydrogen (secondary N) is 1. The van der Waals surface area contributed by atoms with Crippen LogP contribution in [0.3, 0.4) is 0 Å². The SMILES string of the molecule is CS(=O)(=O)Cc1cccc2c1NCC2C(c1ccc(F)cc1)c1ccc(Cl)c(F)c1. The quantitative estimate of drug-likeness (QED) is 0.561. The Balaban J connectivity index is 1.83. The van der Waals surface area contributed by atoms with Gasteiger partial charge < -0.3 is 5.32 Å². The number of benzene rings is 3. The Labute approximate surface area is 179 Å². The van der Waals surface area contributed by atoms with Gasteiger partial charge in [0.2, 0.25) is 0 Å². The second-order valence-corrected chi connectivity index (χ2v) is 10.2. The Morgan fingerprint density at radius 1 is 1.07 bits per heavy atom. The van der Waals surface area contributed by atoms with Gasteiger partial charge in [-0.15, -0.1) is 0 Å². The van der Waals surface area contributed by atoms with E-state index in [-0.39, 0.29) is 28.4 Å². The summed E-state index contributed by atoms with van der Waals surface area (Å²) in [5.74, 6) is -1.28. The number of para-hydroxylation sites is 1. The van der Waals surface area contributed by atoms with Crippen LogP contribution < -0.4 is 5.32 Å². The van der Waals surface area contributed by atoms with Crippen LogP contribution in [0.25, 0.3) is 0 Å². The second kappa shape index (κ2) is 8.00. The molecule has 0 fully saturated rings. The summed E-state index contributed by atoms with van der Waals surface area (Å²) in [7, 11) is -3.20. The minimum atomic E-state index is -3.20. The zero-order chi connectivity index (χ0) is 21.5. The first-order valence-corrected chi connectivity index (χ1v) is 11.9. The summed E-state index contributed by atoms with van der Waals surface area (Å²) in [6, 6.07) is 16.5. The van der Waals surface area contributed by atoms with E-state index in [9.17, 15) is 17.2 Å². The fourth-order valence-electron chi connectivity index (χ4n) is 4.20. The molecule has 0 spiro atoms.